The Hall–Kier alpha value is -2.53. The van der Waals surface area contributed by atoms with Gasteiger partial charge in [-0.3, -0.25) is 4.79 Å². The lowest BCUT2D eigenvalue weighted by atomic mass is 10.3. The fraction of sp³-hybridized carbons (Fsp3) is 0.286. The van der Waals surface area contributed by atoms with Crippen LogP contribution in [0, 0.1) is 11.8 Å². The number of nitrogens with zero attached hydrogens (tertiary/aromatic N) is 4. The van der Waals surface area contributed by atoms with Crippen molar-refractivity contribution in [2.24, 2.45) is 0 Å². The van der Waals surface area contributed by atoms with Crippen LogP contribution >= 0.6 is 11.8 Å². The van der Waals surface area contributed by atoms with Gasteiger partial charge in [-0.25, -0.2) is 0 Å². The quantitative estimate of drug-likeness (QED) is 0.467. The molecule has 1 aromatic carbocycles. The van der Waals surface area contributed by atoms with E-state index in [1.54, 1.807) is 11.8 Å². The van der Waals surface area contributed by atoms with Crippen molar-refractivity contribution in [1.29, 1.82) is 0 Å². The predicted octanol–water partition coefficient (Wildman–Crippen LogP) is 1.33. The molecule has 0 bridgehead atoms. The predicted molar refractivity (Wildman–Crippen MR) is 80.8 cm³/mol. The fourth-order valence-electron chi connectivity index (χ4n) is 1.49. The third kappa shape index (κ3) is 4.49. The highest BCUT2D eigenvalue weighted by molar-refractivity contribution is 7.99. The monoisotopic (exact) mass is 318 g/mol. The molecule has 0 atom stereocenters. The Morgan fingerprint density at radius 1 is 1.32 bits per heavy atom. The highest BCUT2D eigenvalue weighted by atomic mass is 32.2. The number of aromatic nitrogens is 4. The third-order valence-electron chi connectivity index (χ3n) is 2.50. The van der Waals surface area contributed by atoms with Gasteiger partial charge in [0, 0.05) is 6.92 Å². The SMILES string of the molecule is COc1ccc(-n2nnnc2SCC#CCOC(C)=O)cc1. The summed E-state index contributed by atoms with van der Waals surface area (Å²) < 4.78 is 11.5. The first-order valence-electron chi connectivity index (χ1n) is 6.35. The van der Waals surface area contributed by atoms with Crippen LogP contribution in [-0.2, 0) is 9.53 Å². The lowest BCUT2D eigenvalue weighted by Gasteiger charge is -2.04. The van der Waals surface area contributed by atoms with Crippen molar-refractivity contribution < 1.29 is 14.3 Å². The summed E-state index contributed by atoms with van der Waals surface area (Å²) >= 11 is 1.40. The summed E-state index contributed by atoms with van der Waals surface area (Å²) in [7, 11) is 1.61. The van der Waals surface area contributed by atoms with Crippen molar-refractivity contribution in [2.75, 3.05) is 19.5 Å². The average molecular weight is 318 g/mol. The van der Waals surface area contributed by atoms with Crippen LogP contribution in [0.2, 0.25) is 0 Å². The number of tetrazole rings is 1. The highest BCUT2D eigenvalue weighted by Crippen LogP contribution is 2.19. The molecule has 0 fully saturated rings. The molecule has 0 aliphatic rings. The number of benzene rings is 1. The number of carbonyl (C=O) groups excluding carboxylic acids is 1. The lowest BCUT2D eigenvalue weighted by molar-refractivity contribution is -0.139. The molecule has 0 aliphatic heterocycles. The standard InChI is InChI=1S/C14H14N4O3S/c1-11(19)21-9-3-4-10-22-14-15-16-17-18(14)12-5-7-13(20-2)8-6-12/h5-8H,9-10H2,1-2H3. The minimum Gasteiger partial charge on any atom is -0.497 e. The Balaban J connectivity index is 1.95. The van der Waals surface area contributed by atoms with Crippen LogP contribution in [0.5, 0.6) is 5.75 Å². The average Bonchev–Trinajstić information content (AvgIpc) is 2.99. The Labute approximate surface area is 132 Å². The van der Waals surface area contributed by atoms with Crippen molar-refractivity contribution >= 4 is 17.7 Å². The summed E-state index contributed by atoms with van der Waals surface area (Å²) in [6.07, 6.45) is 0. The number of esters is 1. The molecule has 7 nitrogen and oxygen atoms in total. The van der Waals surface area contributed by atoms with E-state index in [0.717, 1.165) is 11.4 Å². The van der Waals surface area contributed by atoms with Gasteiger partial charge in [0.2, 0.25) is 5.16 Å². The number of thioether (sulfide) groups is 1. The Kier molecular flexibility index (Phi) is 5.80. The van der Waals surface area contributed by atoms with E-state index >= 15 is 0 Å². The minimum absolute atomic E-state index is 0.0965. The largest absolute Gasteiger partial charge is 0.497 e. The maximum absolute atomic E-state index is 10.6. The van der Waals surface area contributed by atoms with Gasteiger partial charge in [-0.15, -0.1) is 5.10 Å². The smallest absolute Gasteiger partial charge is 0.303 e. The molecule has 0 unspecified atom stereocenters. The molecule has 2 aromatic rings. The van der Waals surface area contributed by atoms with E-state index in [4.69, 9.17) is 9.47 Å². The fourth-order valence-corrected chi connectivity index (χ4v) is 2.16. The van der Waals surface area contributed by atoms with Crippen LogP contribution < -0.4 is 4.74 Å². The summed E-state index contributed by atoms with van der Waals surface area (Å²) in [5.74, 6) is 6.55. The second kappa shape index (κ2) is 8.05. The second-order valence-electron chi connectivity index (χ2n) is 3.99. The molecule has 1 heterocycles. The van der Waals surface area contributed by atoms with Gasteiger partial charge < -0.3 is 9.47 Å². The van der Waals surface area contributed by atoms with Gasteiger partial charge in [0.15, 0.2) is 6.61 Å². The Morgan fingerprint density at radius 2 is 2.09 bits per heavy atom. The zero-order chi connectivity index (χ0) is 15.8. The number of hydrogen-bond acceptors (Lipinski definition) is 7. The van der Waals surface area contributed by atoms with E-state index in [2.05, 4.69) is 27.4 Å². The third-order valence-corrected chi connectivity index (χ3v) is 3.31. The molecule has 114 valence electrons. The first-order chi connectivity index (χ1) is 10.7. The Bertz CT molecular complexity index is 688. The van der Waals surface area contributed by atoms with Crippen LogP contribution in [0.15, 0.2) is 29.4 Å². The number of rotatable bonds is 5. The van der Waals surface area contributed by atoms with E-state index < -0.39 is 0 Å². The van der Waals surface area contributed by atoms with E-state index in [1.165, 1.54) is 18.7 Å². The molecule has 0 aliphatic carbocycles. The summed E-state index contributed by atoms with van der Waals surface area (Å²) in [4.78, 5) is 10.6. The van der Waals surface area contributed by atoms with Crippen molar-refractivity contribution in [2.45, 2.75) is 12.1 Å². The first-order valence-corrected chi connectivity index (χ1v) is 7.34. The molecule has 0 saturated heterocycles. The molecule has 22 heavy (non-hydrogen) atoms. The second-order valence-corrected chi connectivity index (χ2v) is 4.94. The van der Waals surface area contributed by atoms with Crippen LogP contribution in [-0.4, -0.2) is 45.6 Å². The summed E-state index contributed by atoms with van der Waals surface area (Å²) in [5.41, 5.74) is 0.834. The molecular weight excluding hydrogens is 304 g/mol. The number of carbonyl (C=O) groups is 1. The molecular formula is C14H14N4O3S. The molecule has 0 radical (unpaired) electrons. The van der Waals surface area contributed by atoms with Gasteiger partial charge in [-0.05, 0) is 34.7 Å². The van der Waals surface area contributed by atoms with Gasteiger partial charge in [0.25, 0.3) is 0 Å². The van der Waals surface area contributed by atoms with E-state index in [-0.39, 0.29) is 12.6 Å². The van der Waals surface area contributed by atoms with Crippen LogP contribution in [0.4, 0.5) is 0 Å². The van der Waals surface area contributed by atoms with Gasteiger partial charge in [-0.2, -0.15) is 4.68 Å². The normalized spacial score (nSPS) is 9.73. The molecule has 0 amide bonds. The van der Waals surface area contributed by atoms with E-state index in [0.29, 0.717) is 10.9 Å². The minimum atomic E-state index is -0.342. The zero-order valence-corrected chi connectivity index (χ0v) is 13.0. The first kappa shape index (κ1) is 15.9. The van der Waals surface area contributed by atoms with Crippen LogP contribution in [0.3, 0.4) is 0 Å². The van der Waals surface area contributed by atoms with Gasteiger partial charge in [0.1, 0.15) is 5.75 Å². The highest BCUT2D eigenvalue weighted by Gasteiger charge is 2.08. The van der Waals surface area contributed by atoms with Crippen molar-refractivity contribution in [3.63, 3.8) is 0 Å². The molecule has 0 spiro atoms. The number of methoxy groups -OCH3 is 1. The topological polar surface area (TPSA) is 79.1 Å². The maximum Gasteiger partial charge on any atom is 0.303 e. The van der Waals surface area contributed by atoms with Gasteiger partial charge in [0.05, 0.1) is 18.6 Å². The van der Waals surface area contributed by atoms with Crippen molar-refractivity contribution in [1.82, 2.24) is 20.2 Å². The molecule has 1 aromatic heterocycles. The van der Waals surface area contributed by atoms with Gasteiger partial charge in [-0.1, -0.05) is 23.6 Å². The molecule has 0 N–H and O–H groups in total. The maximum atomic E-state index is 10.6. The lowest BCUT2D eigenvalue weighted by Crippen LogP contribution is -1.99. The van der Waals surface area contributed by atoms with Gasteiger partial charge >= 0.3 is 5.97 Å². The number of ether oxygens (including phenoxy) is 2. The summed E-state index contributed by atoms with van der Waals surface area (Å²) in [5, 5.41) is 12.2. The van der Waals surface area contributed by atoms with E-state index in [9.17, 15) is 4.79 Å². The summed E-state index contributed by atoms with van der Waals surface area (Å²) in [6, 6.07) is 7.41. The van der Waals surface area contributed by atoms with Crippen LogP contribution in [0.25, 0.3) is 5.69 Å². The molecule has 0 saturated carbocycles. The summed E-state index contributed by atoms with van der Waals surface area (Å²) in [6.45, 7) is 1.44. The zero-order valence-electron chi connectivity index (χ0n) is 12.1. The Morgan fingerprint density at radius 3 is 2.77 bits per heavy atom. The van der Waals surface area contributed by atoms with Crippen LogP contribution in [0.1, 0.15) is 6.92 Å². The number of hydrogen-bond donors (Lipinski definition) is 0. The molecule has 8 heteroatoms. The van der Waals surface area contributed by atoms with Crippen molar-refractivity contribution in [3.05, 3.63) is 24.3 Å². The van der Waals surface area contributed by atoms with Crippen molar-refractivity contribution in [3.8, 4) is 23.3 Å². The molecule has 2 rings (SSSR count). The van der Waals surface area contributed by atoms with E-state index in [1.807, 2.05) is 24.3 Å².